The molecule has 0 bridgehead atoms. The van der Waals surface area contributed by atoms with Crippen molar-refractivity contribution < 1.29 is 0 Å². The molecule has 1 rings (SSSR count). The van der Waals surface area contributed by atoms with Crippen LogP contribution in [0.25, 0.3) is 0 Å². The topological polar surface area (TPSA) is 12.4 Å². The van der Waals surface area contributed by atoms with Crippen molar-refractivity contribution in [3.63, 3.8) is 0 Å². The number of hydrogen-bond acceptors (Lipinski definition) is 1. The predicted octanol–water partition coefficient (Wildman–Crippen LogP) is 3.46. The first-order valence-corrected chi connectivity index (χ1v) is 4.82. The van der Waals surface area contributed by atoms with Crippen LogP contribution in [0.1, 0.15) is 41.0 Å². The van der Waals surface area contributed by atoms with Gasteiger partial charge in [0, 0.05) is 17.7 Å². The van der Waals surface area contributed by atoms with E-state index in [-0.39, 0.29) is 5.41 Å². The van der Waals surface area contributed by atoms with Crippen molar-refractivity contribution in [2.45, 2.75) is 41.0 Å². The molecule has 1 aliphatic heterocycles. The molecule has 1 aliphatic rings. The van der Waals surface area contributed by atoms with Crippen LogP contribution >= 0.6 is 0 Å². The highest BCUT2D eigenvalue weighted by Crippen LogP contribution is 2.18. The smallest absolute Gasteiger partial charge is 0.0427 e. The summed E-state index contributed by atoms with van der Waals surface area (Å²) in [6.07, 6.45) is 5.46. The standard InChI is InChI=1S/C9H15N.C2H6/c1-9(2,3)8-6-4-5-7-10-8;1-2/h4,6H,5,7H2,1-3H3;1-2H3. The van der Waals surface area contributed by atoms with E-state index in [0.717, 1.165) is 13.0 Å². The molecule has 0 saturated carbocycles. The van der Waals surface area contributed by atoms with Crippen LogP contribution in [0, 0.1) is 5.41 Å². The Bertz CT molecular complexity index is 170. The quantitative estimate of drug-likeness (QED) is 0.524. The zero-order valence-electron chi connectivity index (χ0n) is 9.02. The Hall–Kier alpha value is -0.590. The van der Waals surface area contributed by atoms with Gasteiger partial charge in [0.2, 0.25) is 0 Å². The van der Waals surface area contributed by atoms with Crippen molar-refractivity contribution in [1.29, 1.82) is 0 Å². The number of aliphatic imine (C=N–C) groups is 1. The molecule has 70 valence electrons. The van der Waals surface area contributed by atoms with Crippen LogP contribution in [0.2, 0.25) is 0 Å². The number of hydrogen-bond donors (Lipinski definition) is 0. The Labute approximate surface area is 76.6 Å². The van der Waals surface area contributed by atoms with E-state index in [4.69, 9.17) is 0 Å². The Morgan fingerprint density at radius 1 is 1.25 bits per heavy atom. The van der Waals surface area contributed by atoms with Gasteiger partial charge in [-0.3, -0.25) is 4.99 Å². The Morgan fingerprint density at radius 3 is 2.08 bits per heavy atom. The second-order valence-corrected chi connectivity index (χ2v) is 3.71. The SMILES string of the molecule is CC.CC(C)(C)C1=NCCC=C1. The molecule has 0 atom stereocenters. The molecule has 1 heterocycles. The van der Waals surface area contributed by atoms with Crippen LogP contribution in [-0.4, -0.2) is 12.3 Å². The van der Waals surface area contributed by atoms with Crippen LogP contribution in [0.5, 0.6) is 0 Å². The fraction of sp³-hybridized carbons (Fsp3) is 0.727. The number of rotatable bonds is 0. The molecule has 0 aromatic heterocycles. The summed E-state index contributed by atoms with van der Waals surface area (Å²) in [7, 11) is 0. The minimum atomic E-state index is 0.233. The first-order chi connectivity index (χ1) is 5.61. The molecule has 0 aromatic carbocycles. The molecular weight excluding hydrogens is 146 g/mol. The van der Waals surface area contributed by atoms with Gasteiger partial charge in [0.05, 0.1) is 0 Å². The molecule has 0 aliphatic carbocycles. The molecule has 0 aromatic rings. The van der Waals surface area contributed by atoms with Gasteiger partial charge < -0.3 is 0 Å². The highest BCUT2D eigenvalue weighted by Gasteiger charge is 2.16. The summed E-state index contributed by atoms with van der Waals surface area (Å²) in [4.78, 5) is 4.43. The van der Waals surface area contributed by atoms with Crippen LogP contribution in [-0.2, 0) is 0 Å². The summed E-state index contributed by atoms with van der Waals surface area (Å²) in [5.41, 5.74) is 1.47. The van der Waals surface area contributed by atoms with E-state index in [2.05, 4.69) is 37.9 Å². The van der Waals surface area contributed by atoms with Crippen LogP contribution < -0.4 is 0 Å². The van der Waals surface area contributed by atoms with Gasteiger partial charge >= 0.3 is 0 Å². The van der Waals surface area contributed by atoms with Crippen LogP contribution in [0.4, 0.5) is 0 Å². The molecule has 0 radical (unpaired) electrons. The third-order valence-corrected chi connectivity index (χ3v) is 1.62. The highest BCUT2D eigenvalue weighted by atomic mass is 14.7. The second-order valence-electron chi connectivity index (χ2n) is 3.71. The van der Waals surface area contributed by atoms with Gasteiger partial charge in [0.15, 0.2) is 0 Å². The number of nitrogens with zero attached hydrogens (tertiary/aromatic N) is 1. The average molecular weight is 167 g/mol. The lowest BCUT2D eigenvalue weighted by Crippen LogP contribution is -2.19. The van der Waals surface area contributed by atoms with E-state index in [0.29, 0.717) is 0 Å². The molecular formula is C11H21N. The molecule has 0 saturated heterocycles. The fourth-order valence-corrected chi connectivity index (χ4v) is 0.994. The molecule has 0 amide bonds. The molecule has 0 fully saturated rings. The van der Waals surface area contributed by atoms with E-state index < -0.39 is 0 Å². The third-order valence-electron chi connectivity index (χ3n) is 1.62. The Morgan fingerprint density at radius 2 is 1.83 bits per heavy atom. The van der Waals surface area contributed by atoms with E-state index in [9.17, 15) is 0 Å². The summed E-state index contributed by atoms with van der Waals surface area (Å²) in [5.74, 6) is 0. The largest absolute Gasteiger partial charge is 0.289 e. The minimum absolute atomic E-state index is 0.233. The predicted molar refractivity (Wildman–Crippen MR) is 56.9 cm³/mol. The zero-order valence-corrected chi connectivity index (χ0v) is 9.02. The van der Waals surface area contributed by atoms with Gasteiger partial charge in [-0.05, 0) is 12.5 Å². The number of allylic oxidation sites excluding steroid dienone is 1. The van der Waals surface area contributed by atoms with Crippen molar-refractivity contribution >= 4 is 5.71 Å². The molecule has 12 heavy (non-hydrogen) atoms. The Balaban J connectivity index is 0.000000561. The summed E-state index contributed by atoms with van der Waals surface area (Å²) in [5, 5.41) is 0. The summed E-state index contributed by atoms with van der Waals surface area (Å²) < 4.78 is 0. The molecule has 0 N–H and O–H groups in total. The summed E-state index contributed by atoms with van der Waals surface area (Å²) >= 11 is 0. The lowest BCUT2D eigenvalue weighted by Gasteiger charge is -2.20. The average Bonchev–Trinajstić information content (AvgIpc) is 2.08. The summed E-state index contributed by atoms with van der Waals surface area (Å²) in [6.45, 7) is 11.6. The molecule has 0 unspecified atom stereocenters. The Kier molecular flexibility index (Phi) is 4.87. The molecule has 1 nitrogen and oxygen atoms in total. The van der Waals surface area contributed by atoms with E-state index in [1.54, 1.807) is 0 Å². The maximum absolute atomic E-state index is 4.43. The minimum Gasteiger partial charge on any atom is -0.289 e. The third kappa shape index (κ3) is 3.70. The van der Waals surface area contributed by atoms with E-state index in [1.165, 1.54) is 5.71 Å². The second kappa shape index (κ2) is 5.13. The van der Waals surface area contributed by atoms with Crippen molar-refractivity contribution in [2.75, 3.05) is 6.54 Å². The van der Waals surface area contributed by atoms with Crippen molar-refractivity contribution in [2.24, 2.45) is 10.4 Å². The van der Waals surface area contributed by atoms with Crippen molar-refractivity contribution in [1.82, 2.24) is 0 Å². The van der Waals surface area contributed by atoms with Crippen LogP contribution in [0.3, 0.4) is 0 Å². The monoisotopic (exact) mass is 167 g/mol. The lowest BCUT2D eigenvalue weighted by molar-refractivity contribution is 0.589. The van der Waals surface area contributed by atoms with Crippen molar-refractivity contribution in [3.8, 4) is 0 Å². The first-order valence-electron chi connectivity index (χ1n) is 4.82. The maximum Gasteiger partial charge on any atom is 0.0427 e. The highest BCUT2D eigenvalue weighted by molar-refractivity contribution is 5.99. The van der Waals surface area contributed by atoms with E-state index >= 15 is 0 Å². The van der Waals surface area contributed by atoms with Gasteiger partial charge in [-0.15, -0.1) is 0 Å². The number of dihydropyridines is 1. The van der Waals surface area contributed by atoms with Gasteiger partial charge in [-0.1, -0.05) is 40.7 Å². The van der Waals surface area contributed by atoms with Gasteiger partial charge in [0.25, 0.3) is 0 Å². The first kappa shape index (κ1) is 11.4. The fourth-order valence-electron chi connectivity index (χ4n) is 0.994. The van der Waals surface area contributed by atoms with Gasteiger partial charge in [-0.25, -0.2) is 0 Å². The van der Waals surface area contributed by atoms with Gasteiger partial charge in [-0.2, -0.15) is 0 Å². The normalized spacial score (nSPS) is 16.2. The lowest BCUT2D eigenvalue weighted by atomic mass is 9.89. The van der Waals surface area contributed by atoms with Crippen molar-refractivity contribution in [3.05, 3.63) is 12.2 Å². The van der Waals surface area contributed by atoms with E-state index in [1.807, 2.05) is 13.8 Å². The molecule has 1 heteroatoms. The molecule has 0 spiro atoms. The maximum atomic E-state index is 4.43. The summed E-state index contributed by atoms with van der Waals surface area (Å²) in [6, 6.07) is 0. The zero-order chi connectivity index (χ0) is 9.61. The van der Waals surface area contributed by atoms with Gasteiger partial charge in [0.1, 0.15) is 0 Å². The van der Waals surface area contributed by atoms with Crippen LogP contribution in [0.15, 0.2) is 17.1 Å².